The number of ether oxygens (including phenoxy) is 2. The molecule has 1 aromatic rings. The topological polar surface area (TPSA) is 76.7 Å². The Bertz CT molecular complexity index is 686. The van der Waals surface area contributed by atoms with Crippen molar-refractivity contribution in [2.45, 2.75) is 39.0 Å². The van der Waals surface area contributed by atoms with Crippen molar-refractivity contribution in [2.24, 2.45) is 11.8 Å². The lowest BCUT2D eigenvalue weighted by Crippen LogP contribution is -2.38. The molecule has 1 aliphatic heterocycles. The molecule has 1 saturated carbocycles. The number of hydrogen-bond donors (Lipinski definition) is 2. The summed E-state index contributed by atoms with van der Waals surface area (Å²) in [5.41, 5.74) is 0.844. The normalized spacial score (nSPS) is 21.0. The summed E-state index contributed by atoms with van der Waals surface area (Å²) in [5.74, 6) is 2.16. The maximum Gasteiger partial charge on any atom is 0.223 e. The Morgan fingerprint density at radius 3 is 2.54 bits per heavy atom. The van der Waals surface area contributed by atoms with Crippen molar-refractivity contribution in [2.75, 3.05) is 26.3 Å². The molecule has 2 atom stereocenters. The van der Waals surface area contributed by atoms with Crippen molar-refractivity contribution >= 4 is 11.8 Å². The zero-order valence-electron chi connectivity index (χ0n) is 15.8. The van der Waals surface area contributed by atoms with Gasteiger partial charge in [-0.1, -0.05) is 26.8 Å². The first-order chi connectivity index (χ1) is 12.4. The Morgan fingerprint density at radius 2 is 1.85 bits per heavy atom. The maximum atomic E-state index is 12.1. The van der Waals surface area contributed by atoms with Crippen LogP contribution in [0.25, 0.3) is 0 Å². The third-order valence-electron chi connectivity index (χ3n) is 5.15. The minimum Gasteiger partial charge on any atom is -0.486 e. The fourth-order valence-corrected chi connectivity index (χ4v) is 3.09. The SMILES string of the molecule is C[C@H]1C[C@H]1C(=O)NCCC(=O)NCC(C)(C)c1ccc2c(c1)OCCO2. The lowest BCUT2D eigenvalue weighted by atomic mass is 9.84. The molecule has 0 bridgehead atoms. The van der Waals surface area contributed by atoms with Gasteiger partial charge in [0.25, 0.3) is 0 Å². The molecule has 1 fully saturated rings. The molecule has 6 heteroatoms. The summed E-state index contributed by atoms with van der Waals surface area (Å²) in [6.07, 6.45) is 1.26. The second kappa shape index (κ2) is 7.56. The Kier molecular flexibility index (Phi) is 5.39. The zero-order valence-corrected chi connectivity index (χ0v) is 15.8. The molecule has 6 nitrogen and oxygen atoms in total. The van der Waals surface area contributed by atoms with E-state index in [1.807, 2.05) is 18.2 Å². The molecular formula is C20H28N2O4. The summed E-state index contributed by atoms with van der Waals surface area (Å²) in [6, 6.07) is 5.91. The van der Waals surface area contributed by atoms with Gasteiger partial charge in [-0.2, -0.15) is 0 Å². The fourth-order valence-electron chi connectivity index (χ4n) is 3.09. The summed E-state index contributed by atoms with van der Waals surface area (Å²) in [6.45, 7) is 8.25. The molecule has 0 spiro atoms. The second-order valence-corrected chi connectivity index (χ2v) is 7.88. The van der Waals surface area contributed by atoms with Crippen molar-refractivity contribution in [1.29, 1.82) is 0 Å². The smallest absolute Gasteiger partial charge is 0.223 e. The number of nitrogens with one attached hydrogen (secondary N) is 2. The number of amides is 2. The highest BCUT2D eigenvalue weighted by Crippen LogP contribution is 2.37. The van der Waals surface area contributed by atoms with Crippen LogP contribution in [0.2, 0.25) is 0 Å². The third kappa shape index (κ3) is 4.48. The molecule has 0 unspecified atom stereocenters. The molecule has 1 heterocycles. The number of carbonyl (C=O) groups is 2. The van der Waals surface area contributed by atoms with Crippen molar-refractivity contribution in [3.05, 3.63) is 23.8 Å². The van der Waals surface area contributed by atoms with Gasteiger partial charge in [0.05, 0.1) is 0 Å². The second-order valence-electron chi connectivity index (χ2n) is 7.88. The van der Waals surface area contributed by atoms with Crippen molar-refractivity contribution in [3.63, 3.8) is 0 Å². The van der Waals surface area contributed by atoms with Crippen LogP contribution >= 0.6 is 0 Å². The standard InChI is InChI=1S/C20H28N2O4/c1-13-10-15(13)19(24)21-7-6-18(23)22-12-20(2,3)14-4-5-16-17(11-14)26-9-8-25-16/h4-5,11,13,15H,6-10,12H2,1-3H3,(H,21,24)(H,22,23)/t13-,15+/m0/s1. The van der Waals surface area contributed by atoms with Crippen molar-refractivity contribution in [1.82, 2.24) is 10.6 Å². The molecule has 2 amide bonds. The van der Waals surface area contributed by atoms with Crippen molar-refractivity contribution < 1.29 is 19.1 Å². The highest BCUT2D eigenvalue weighted by Gasteiger charge is 2.38. The molecule has 2 N–H and O–H groups in total. The van der Waals surface area contributed by atoms with Gasteiger partial charge in [-0.3, -0.25) is 9.59 Å². The summed E-state index contributed by atoms with van der Waals surface area (Å²) >= 11 is 0. The predicted molar refractivity (Wildman–Crippen MR) is 98.4 cm³/mol. The van der Waals surface area contributed by atoms with Gasteiger partial charge < -0.3 is 20.1 Å². The molecular weight excluding hydrogens is 332 g/mol. The molecule has 3 rings (SSSR count). The highest BCUT2D eigenvalue weighted by molar-refractivity contribution is 5.82. The van der Waals surface area contributed by atoms with Crippen LogP contribution in [-0.2, 0) is 15.0 Å². The van der Waals surface area contributed by atoms with E-state index < -0.39 is 0 Å². The number of benzene rings is 1. The quantitative estimate of drug-likeness (QED) is 0.780. The van der Waals surface area contributed by atoms with Crippen molar-refractivity contribution in [3.8, 4) is 11.5 Å². The van der Waals surface area contributed by atoms with Crippen LogP contribution in [0, 0.1) is 11.8 Å². The van der Waals surface area contributed by atoms with Crippen LogP contribution in [0.5, 0.6) is 11.5 Å². The van der Waals surface area contributed by atoms with Crippen LogP contribution in [0.3, 0.4) is 0 Å². The molecule has 142 valence electrons. The lowest BCUT2D eigenvalue weighted by molar-refractivity contribution is -0.123. The van der Waals surface area contributed by atoms with Gasteiger partial charge in [-0.05, 0) is 30.0 Å². The first kappa shape index (κ1) is 18.5. The Morgan fingerprint density at radius 1 is 1.15 bits per heavy atom. The molecule has 1 aliphatic carbocycles. The van der Waals surface area contributed by atoms with Gasteiger partial charge in [0, 0.05) is 30.8 Å². The van der Waals surface area contributed by atoms with E-state index in [2.05, 4.69) is 31.4 Å². The van der Waals surface area contributed by atoms with Crippen LogP contribution < -0.4 is 20.1 Å². The van der Waals surface area contributed by atoms with Crippen LogP contribution in [-0.4, -0.2) is 38.1 Å². The first-order valence-corrected chi connectivity index (χ1v) is 9.31. The summed E-state index contributed by atoms with van der Waals surface area (Å²) in [5, 5.41) is 5.81. The largest absolute Gasteiger partial charge is 0.486 e. The molecule has 0 aromatic heterocycles. The minimum absolute atomic E-state index is 0.0558. The monoisotopic (exact) mass is 360 g/mol. The number of hydrogen-bond acceptors (Lipinski definition) is 4. The van der Waals surface area contributed by atoms with E-state index in [0.29, 0.717) is 38.6 Å². The summed E-state index contributed by atoms with van der Waals surface area (Å²) in [7, 11) is 0. The molecule has 1 aromatic carbocycles. The highest BCUT2D eigenvalue weighted by atomic mass is 16.6. The first-order valence-electron chi connectivity index (χ1n) is 9.31. The van der Waals surface area contributed by atoms with Crippen LogP contribution in [0.4, 0.5) is 0 Å². The van der Waals surface area contributed by atoms with E-state index >= 15 is 0 Å². The molecule has 2 aliphatic rings. The Labute approximate surface area is 154 Å². The zero-order chi connectivity index (χ0) is 18.7. The van der Waals surface area contributed by atoms with E-state index in [-0.39, 0.29) is 23.1 Å². The van der Waals surface area contributed by atoms with Gasteiger partial charge in [0.1, 0.15) is 13.2 Å². The Balaban J connectivity index is 1.45. The Hall–Kier alpha value is -2.24. The van der Waals surface area contributed by atoms with E-state index in [9.17, 15) is 9.59 Å². The van der Waals surface area contributed by atoms with E-state index in [1.54, 1.807) is 0 Å². The minimum atomic E-state index is -0.238. The number of carbonyl (C=O) groups excluding carboxylic acids is 2. The average molecular weight is 360 g/mol. The molecule has 0 saturated heterocycles. The van der Waals surface area contributed by atoms with E-state index in [0.717, 1.165) is 23.5 Å². The number of rotatable bonds is 7. The number of fused-ring (bicyclic) bond motifs is 1. The van der Waals surface area contributed by atoms with E-state index in [4.69, 9.17) is 9.47 Å². The fraction of sp³-hybridized carbons (Fsp3) is 0.600. The summed E-state index contributed by atoms with van der Waals surface area (Å²) in [4.78, 5) is 23.8. The lowest BCUT2D eigenvalue weighted by Gasteiger charge is -2.28. The van der Waals surface area contributed by atoms with Gasteiger partial charge in [0.15, 0.2) is 11.5 Å². The molecule has 26 heavy (non-hydrogen) atoms. The maximum absolute atomic E-state index is 12.1. The van der Waals surface area contributed by atoms with Gasteiger partial charge >= 0.3 is 0 Å². The average Bonchev–Trinajstić information content (AvgIpc) is 3.36. The molecule has 0 radical (unpaired) electrons. The summed E-state index contributed by atoms with van der Waals surface area (Å²) < 4.78 is 11.2. The van der Waals surface area contributed by atoms with Gasteiger partial charge in [-0.25, -0.2) is 0 Å². The van der Waals surface area contributed by atoms with Crippen LogP contribution in [0.15, 0.2) is 18.2 Å². The van der Waals surface area contributed by atoms with Gasteiger partial charge in [-0.15, -0.1) is 0 Å². The van der Waals surface area contributed by atoms with Gasteiger partial charge in [0.2, 0.25) is 11.8 Å². The van der Waals surface area contributed by atoms with Crippen LogP contribution in [0.1, 0.15) is 39.2 Å². The third-order valence-corrected chi connectivity index (χ3v) is 5.15. The van der Waals surface area contributed by atoms with E-state index in [1.165, 1.54) is 0 Å². The predicted octanol–water partition coefficient (Wildman–Crippen LogP) is 2.01.